The molecule has 0 unspecified atom stereocenters. The molecule has 110 valence electrons. The lowest BCUT2D eigenvalue weighted by atomic mass is 9.88. The van der Waals surface area contributed by atoms with Gasteiger partial charge in [-0.1, -0.05) is 28.1 Å². The van der Waals surface area contributed by atoms with Crippen LogP contribution in [0.2, 0.25) is 0 Å². The molecule has 0 bridgehead atoms. The number of rotatable bonds is 3. The van der Waals surface area contributed by atoms with E-state index in [1.807, 2.05) is 50.5 Å². The zero-order valence-electron chi connectivity index (χ0n) is 12.3. The monoisotopic (exact) mass is 346 g/mol. The van der Waals surface area contributed by atoms with E-state index in [0.29, 0.717) is 0 Å². The molecule has 2 rings (SSSR count). The molecule has 1 aromatic rings. The minimum atomic E-state index is 0.148. The number of ketones is 1. The first kappa shape index (κ1) is 15.7. The molecule has 4 heteroatoms. The number of halogens is 1. The van der Waals surface area contributed by atoms with Crippen molar-refractivity contribution in [2.75, 3.05) is 14.1 Å². The highest BCUT2D eigenvalue weighted by Crippen LogP contribution is 2.26. The summed E-state index contributed by atoms with van der Waals surface area (Å²) in [6.45, 7) is 0. The predicted molar refractivity (Wildman–Crippen MR) is 91.2 cm³/mol. The van der Waals surface area contributed by atoms with Crippen LogP contribution < -0.4 is 0 Å². The van der Waals surface area contributed by atoms with Crippen molar-refractivity contribution in [3.8, 4) is 0 Å². The van der Waals surface area contributed by atoms with Gasteiger partial charge in [0.2, 0.25) is 0 Å². The van der Waals surface area contributed by atoms with Gasteiger partial charge in [-0.15, -0.1) is 0 Å². The fraction of sp³-hybridized carbons (Fsp3) is 0.294. The Balaban J connectivity index is 2.18. The lowest BCUT2D eigenvalue weighted by molar-refractivity contribution is -0.112. The molecule has 0 atom stereocenters. The Morgan fingerprint density at radius 3 is 2.48 bits per heavy atom. The van der Waals surface area contributed by atoms with Gasteiger partial charge >= 0.3 is 0 Å². The van der Waals surface area contributed by atoms with E-state index >= 15 is 0 Å². The molecule has 1 aromatic carbocycles. The van der Waals surface area contributed by atoms with E-state index in [2.05, 4.69) is 21.0 Å². The second kappa shape index (κ2) is 7.36. The Kier molecular flexibility index (Phi) is 5.51. The van der Waals surface area contributed by atoms with Crippen LogP contribution >= 0.6 is 15.9 Å². The average molecular weight is 347 g/mol. The van der Waals surface area contributed by atoms with Crippen LogP contribution in [0.4, 0.5) is 0 Å². The maximum Gasteiger partial charge on any atom is 0.185 e. The highest BCUT2D eigenvalue weighted by atomic mass is 79.9. The van der Waals surface area contributed by atoms with E-state index in [-0.39, 0.29) is 5.78 Å². The van der Waals surface area contributed by atoms with E-state index < -0.39 is 0 Å². The van der Waals surface area contributed by atoms with Crippen molar-refractivity contribution >= 4 is 34.0 Å². The molecule has 0 saturated heterocycles. The molecule has 0 radical (unpaired) electrons. The van der Waals surface area contributed by atoms with E-state index in [9.17, 15) is 4.79 Å². The van der Waals surface area contributed by atoms with Gasteiger partial charge in [0.1, 0.15) is 0 Å². The van der Waals surface area contributed by atoms with Crippen LogP contribution in [0, 0.1) is 0 Å². The number of Topliss-reactive ketones (excluding diaryl/α,β-unsaturated/α-hetero) is 1. The maximum absolute atomic E-state index is 12.5. The van der Waals surface area contributed by atoms with Gasteiger partial charge in [-0.3, -0.25) is 4.79 Å². The summed E-state index contributed by atoms with van der Waals surface area (Å²) in [5.74, 6) is 0.148. The molecule has 0 N–H and O–H groups in total. The van der Waals surface area contributed by atoms with E-state index in [1.165, 1.54) is 0 Å². The largest absolute Gasteiger partial charge is 0.303 e. The Labute approximate surface area is 134 Å². The van der Waals surface area contributed by atoms with Crippen LogP contribution in [0.25, 0.3) is 6.08 Å². The van der Waals surface area contributed by atoms with Gasteiger partial charge in [0.25, 0.3) is 0 Å². The first-order valence-corrected chi connectivity index (χ1v) is 7.77. The third-order valence-electron chi connectivity index (χ3n) is 3.26. The molecule has 1 saturated carbocycles. The summed E-state index contributed by atoms with van der Waals surface area (Å²) in [5, 5.41) is 5.84. The smallest absolute Gasteiger partial charge is 0.185 e. The zero-order valence-corrected chi connectivity index (χ0v) is 13.9. The highest BCUT2D eigenvalue weighted by Gasteiger charge is 2.19. The lowest BCUT2D eigenvalue weighted by Crippen LogP contribution is -2.12. The van der Waals surface area contributed by atoms with E-state index in [0.717, 1.165) is 40.4 Å². The molecule has 0 spiro atoms. The summed E-state index contributed by atoms with van der Waals surface area (Å²) < 4.78 is 1.04. The van der Waals surface area contributed by atoms with Crippen LogP contribution in [0.15, 0.2) is 51.1 Å². The van der Waals surface area contributed by atoms with Gasteiger partial charge in [0.15, 0.2) is 5.78 Å². The fourth-order valence-electron chi connectivity index (χ4n) is 2.22. The quantitative estimate of drug-likeness (QED) is 0.469. The van der Waals surface area contributed by atoms with Crippen LogP contribution in [-0.4, -0.2) is 31.1 Å². The molecule has 21 heavy (non-hydrogen) atoms. The van der Waals surface area contributed by atoms with Gasteiger partial charge < -0.3 is 5.01 Å². The normalized spacial score (nSPS) is 19.7. The Morgan fingerprint density at radius 1 is 1.14 bits per heavy atom. The van der Waals surface area contributed by atoms with Gasteiger partial charge in [-0.25, -0.2) is 0 Å². The average Bonchev–Trinajstić information content (AvgIpc) is 2.45. The van der Waals surface area contributed by atoms with Crippen LogP contribution in [0.5, 0.6) is 0 Å². The predicted octanol–water partition coefficient (Wildman–Crippen LogP) is 4.06. The van der Waals surface area contributed by atoms with E-state index in [4.69, 9.17) is 0 Å². The molecule has 1 aliphatic carbocycles. The van der Waals surface area contributed by atoms with Crippen LogP contribution in [-0.2, 0) is 4.79 Å². The minimum Gasteiger partial charge on any atom is -0.303 e. The van der Waals surface area contributed by atoms with Crippen molar-refractivity contribution in [1.29, 1.82) is 0 Å². The standard InChI is InChI=1S/C17H19BrN2O/c1-20(2)19-11-10-14-4-3-5-15(17(14)21)12-13-6-8-16(18)9-7-13/h6-12H,3-5H2,1-2H3/b14-10+,15-12+,19-11-. The SMILES string of the molecule is CN(C)/N=C\C=C1/CCC/C(=C\c2ccc(Br)cc2)C1=O. The van der Waals surface area contributed by atoms with Crippen LogP contribution in [0.1, 0.15) is 24.8 Å². The third kappa shape index (κ3) is 4.67. The summed E-state index contributed by atoms with van der Waals surface area (Å²) in [6, 6.07) is 7.99. The van der Waals surface area contributed by atoms with Gasteiger partial charge in [0, 0.05) is 35.9 Å². The fourth-order valence-corrected chi connectivity index (χ4v) is 2.48. The molecule has 0 aromatic heterocycles. The first-order chi connectivity index (χ1) is 10.1. The molecule has 0 heterocycles. The second-order valence-corrected chi connectivity index (χ2v) is 6.12. The third-order valence-corrected chi connectivity index (χ3v) is 3.79. The summed E-state index contributed by atoms with van der Waals surface area (Å²) >= 11 is 3.42. The Morgan fingerprint density at radius 2 is 1.81 bits per heavy atom. The highest BCUT2D eigenvalue weighted by molar-refractivity contribution is 9.10. The Hall–Kier alpha value is -1.68. The number of benzene rings is 1. The van der Waals surface area contributed by atoms with Gasteiger partial charge in [0.05, 0.1) is 0 Å². The zero-order chi connectivity index (χ0) is 15.2. The number of nitrogens with zero attached hydrogens (tertiary/aromatic N) is 2. The topological polar surface area (TPSA) is 32.7 Å². The number of carbonyl (C=O) groups excluding carboxylic acids is 1. The molecule has 0 amide bonds. The molecular weight excluding hydrogens is 328 g/mol. The van der Waals surface area contributed by atoms with Gasteiger partial charge in [-0.2, -0.15) is 5.10 Å². The summed E-state index contributed by atoms with van der Waals surface area (Å²) in [6.07, 6.45) is 8.19. The number of hydrogen-bond donors (Lipinski definition) is 0. The summed E-state index contributed by atoms with van der Waals surface area (Å²) in [5.41, 5.74) is 2.79. The van der Waals surface area contributed by atoms with Crippen molar-refractivity contribution < 1.29 is 4.79 Å². The minimum absolute atomic E-state index is 0.148. The van der Waals surface area contributed by atoms with Gasteiger partial charge in [-0.05, 0) is 49.1 Å². The number of carbonyl (C=O) groups is 1. The molecule has 3 nitrogen and oxygen atoms in total. The molecule has 1 fully saturated rings. The molecule has 1 aliphatic rings. The van der Waals surface area contributed by atoms with Crippen molar-refractivity contribution in [3.63, 3.8) is 0 Å². The lowest BCUT2D eigenvalue weighted by Gasteiger charge is -2.16. The maximum atomic E-state index is 12.5. The van der Waals surface area contributed by atoms with Crippen molar-refractivity contribution in [1.82, 2.24) is 5.01 Å². The number of hydrazone groups is 1. The van der Waals surface area contributed by atoms with Crippen molar-refractivity contribution in [2.24, 2.45) is 5.10 Å². The van der Waals surface area contributed by atoms with Crippen molar-refractivity contribution in [2.45, 2.75) is 19.3 Å². The Bertz CT molecular complexity index is 598. The molecule has 0 aliphatic heterocycles. The number of hydrogen-bond acceptors (Lipinski definition) is 3. The number of allylic oxidation sites excluding steroid dienone is 3. The van der Waals surface area contributed by atoms with Crippen molar-refractivity contribution in [3.05, 3.63) is 51.5 Å². The summed E-state index contributed by atoms with van der Waals surface area (Å²) in [4.78, 5) is 12.5. The first-order valence-electron chi connectivity index (χ1n) is 6.97. The molecular formula is C17H19BrN2O. The summed E-state index contributed by atoms with van der Waals surface area (Å²) in [7, 11) is 3.72. The second-order valence-electron chi connectivity index (χ2n) is 5.21. The van der Waals surface area contributed by atoms with Crippen LogP contribution in [0.3, 0.4) is 0 Å². The van der Waals surface area contributed by atoms with E-state index in [1.54, 1.807) is 11.2 Å².